The van der Waals surface area contributed by atoms with Crippen LogP contribution in [0.4, 0.5) is 10.1 Å². The summed E-state index contributed by atoms with van der Waals surface area (Å²) < 4.78 is 14.4. The first kappa shape index (κ1) is 14.0. The number of hydrogen-bond acceptors (Lipinski definition) is 3. The van der Waals surface area contributed by atoms with Gasteiger partial charge >= 0.3 is 0 Å². The first-order valence-electron chi connectivity index (χ1n) is 5.76. The minimum atomic E-state index is -0.360. The summed E-state index contributed by atoms with van der Waals surface area (Å²) in [5.41, 5.74) is 2.13. The van der Waals surface area contributed by atoms with E-state index in [2.05, 4.69) is 21.2 Å². The van der Waals surface area contributed by atoms with E-state index in [4.69, 9.17) is 10.5 Å². The topological polar surface area (TPSA) is 59.6 Å². The zero-order valence-corrected chi connectivity index (χ0v) is 11.9. The smallest absolute Gasteiger partial charge is 0.128 e. The van der Waals surface area contributed by atoms with E-state index in [9.17, 15) is 4.39 Å². The van der Waals surface area contributed by atoms with Gasteiger partial charge in [-0.15, -0.1) is 0 Å². The number of halogens is 2. The molecule has 0 heterocycles. The second-order valence-electron chi connectivity index (χ2n) is 4.08. The molecule has 0 atom stereocenters. The van der Waals surface area contributed by atoms with Crippen LogP contribution in [-0.2, 0) is 6.54 Å². The van der Waals surface area contributed by atoms with Gasteiger partial charge in [0.05, 0.1) is 23.3 Å². The van der Waals surface area contributed by atoms with Crippen LogP contribution in [0.15, 0.2) is 40.9 Å². The maximum Gasteiger partial charge on any atom is 0.128 e. The monoisotopic (exact) mass is 329 g/mol. The number of nitrogens with one attached hydrogen (secondary N) is 1. The Morgan fingerprint density at radius 1 is 1.05 bits per heavy atom. The maximum absolute atomic E-state index is 13.6. The minimum Gasteiger partial charge on any atom is -0.380 e. The van der Waals surface area contributed by atoms with Crippen LogP contribution in [-0.4, -0.2) is 0 Å². The van der Waals surface area contributed by atoms with E-state index >= 15 is 0 Å². The van der Waals surface area contributed by atoms with Crippen LogP contribution in [0.5, 0.6) is 0 Å². The molecule has 2 rings (SSSR count). The van der Waals surface area contributed by atoms with Gasteiger partial charge in [0.25, 0.3) is 0 Å². The molecule has 0 aliphatic carbocycles. The summed E-state index contributed by atoms with van der Waals surface area (Å²) in [4.78, 5) is 0. The lowest BCUT2D eigenvalue weighted by Crippen LogP contribution is -2.03. The quantitative estimate of drug-likeness (QED) is 0.927. The molecule has 0 aromatic heterocycles. The normalized spacial score (nSPS) is 9.60. The van der Waals surface area contributed by atoms with Crippen molar-refractivity contribution in [2.24, 2.45) is 0 Å². The zero-order chi connectivity index (χ0) is 14.5. The standard InChI is InChI=1S/C15H9BrFN3/c16-13-6-11(8-19)2-4-15(13)20-9-12-5-10(7-18)1-3-14(12)17/h1-6,20H,9H2. The molecule has 2 aromatic rings. The number of anilines is 1. The third-order valence-corrected chi connectivity index (χ3v) is 3.40. The predicted octanol–water partition coefficient (Wildman–Crippen LogP) is 3.94. The molecule has 98 valence electrons. The number of nitriles is 2. The Hall–Kier alpha value is -2.37. The molecule has 0 aliphatic heterocycles. The van der Waals surface area contributed by atoms with Crippen molar-refractivity contribution < 1.29 is 4.39 Å². The van der Waals surface area contributed by atoms with Crippen molar-refractivity contribution in [3.8, 4) is 12.1 Å². The van der Waals surface area contributed by atoms with Crippen LogP contribution in [0.3, 0.4) is 0 Å². The first-order chi connectivity index (χ1) is 9.63. The van der Waals surface area contributed by atoms with Gasteiger partial charge in [0.15, 0.2) is 0 Å². The van der Waals surface area contributed by atoms with E-state index in [1.807, 2.05) is 12.1 Å². The molecule has 0 saturated heterocycles. The summed E-state index contributed by atoms with van der Waals surface area (Å²) in [6.45, 7) is 0.256. The molecule has 2 aromatic carbocycles. The summed E-state index contributed by atoms with van der Waals surface area (Å²) in [5.74, 6) is -0.360. The van der Waals surface area contributed by atoms with Gasteiger partial charge < -0.3 is 5.32 Å². The highest BCUT2D eigenvalue weighted by Gasteiger charge is 2.06. The Balaban J connectivity index is 2.17. The highest BCUT2D eigenvalue weighted by Crippen LogP contribution is 2.24. The molecular weight excluding hydrogens is 321 g/mol. The number of benzene rings is 2. The molecule has 0 amide bonds. The Labute approximate surface area is 124 Å². The van der Waals surface area contributed by atoms with Crippen molar-refractivity contribution in [2.45, 2.75) is 6.54 Å². The summed E-state index contributed by atoms with van der Waals surface area (Å²) in [7, 11) is 0. The van der Waals surface area contributed by atoms with Crippen LogP contribution in [0.25, 0.3) is 0 Å². The van der Waals surface area contributed by atoms with Gasteiger partial charge in [-0.25, -0.2) is 4.39 Å². The van der Waals surface area contributed by atoms with Crippen molar-refractivity contribution in [3.05, 3.63) is 63.4 Å². The molecule has 0 bridgehead atoms. The molecule has 0 fully saturated rings. The third-order valence-electron chi connectivity index (χ3n) is 2.74. The minimum absolute atomic E-state index is 0.256. The zero-order valence-electron chi connectivity index (χ0n) is 10.3. The number of rotatable bonds is 3. The van der Waals surface area contributed by atoms with E-state index < -0.39 is 0 Å². The van der Waals surface area contributed by atoms with Gasteiger partial charge in [0, 0.05) is 22.3 Å². The molecule has 5 heteroatoms. The van der Waals surface area contributed by atoms with Crippen molar-refractivity contribution in [3.63, 3.8) is 0 Å². The third kappa shape index (κ3) is 3.14. The molecule has 0 spiro atoms. The first-order valence-corrected chi connectivity index (χ1v) is 6.55. The van der Waals surface area contributed by atoms with E-state index in [1.165, 1.54) is 18.2 Å². The lowest BCUT2D eigenvalue weighted by atomic mass is 10.1. The Bertz CT molecular complexity index is 729. The summed E-state index contributed by atoms with van der Waals surface area (Å²) in [6, 6.07) is 13.4. The van der Waals surface area contributed by atoms with E-state index in [-0.39, 0.29) is 12.4 Å². The molecule has 3 nitrogen and oxygen atoms in total. The van der Waals surface area contributed by atoms with Gasteiger partial charge in [-0.2, -0.15) is 10.5 Å². The van der Waals surface area contributed by atoms with Gasteiger partial charge in [-0.1, -0.05) is 0 Å². The Kier molecular flexibility index (Phi) is 4.34. The number of hydrogen-bond donors (Lipinski definition) is 1. The van der Waals surface area contributed by atoms with E-state index in [1.54, 1.807) is 18.2 Å². The van der Waals surface area contributed by atoms with Crippen LogP contribution >= 0.6 is 15.9 Å². The molecular formula is C15H9BrFN3. The van der Waals surface area contributed by atoms with Gasteiger partial charge in [0.2, 0.25) is 0 Å². The van der Waals surface area contributed by atoms with Crippen LogP contribution < -0.4 is 5.32 Å². The van der Waals surface area contributed by atoms with Crippen molar-refractivity contribution >= 4 is 21.6 Å². The van der Waals surface area contributed by atoms with Gasteiger partial charge in [-0.3, -0.25) is 0 Å². The molecule has 0 unspecified atom stereocenters. The fourth-order valence-electron chi connectivity index (χ4n) is 1.70. The van der Waals surface area contributed by atoms with Gasteiger partial charge in [-0.05, 0) is 52.3 Å². The Morgan fingerprint density at radius 2 is 1.70 bits per heavy atom. The number of nitrogens with zero attached hydrogens (tertiary/aromatic N) is 2. The summed E-state index contributed by atoms with van der Waals surface area (Å²) in [5, 5.41) is 20.7. The van der Waals surface area contributed by atoms with Crippen molar-refractivity contribution in [2.75, 3.05) is 5.32 Å². The predicted molar refractivity (Wildman–Crippen MR) is 77.3 cm³/mol. The largest absolute Gasteiger partial charge is 0.380 e. The van der Waals surface area contributed by atoms with E-state index in [0.29, 0.717) is 16.7 Å². The molecule has 0 aliphatic rings. The average Bonchev–Trinajstić information content (AvgIpc) is 2.47. The molecule has 0 radical (unpaired) electrons. The maximum atomic E-state index is 13.6. The lowest BCUT2D eigenvalue weighted by molar-refractivity contribution is 0.612. The molecule has 0 saturated carbocycles. The highest BCUT2D eigenvalue weighted by atomic mass is 79.9. The Morgan fingerprint density at radius 3 is 2.35 bits per heavy atom. The second kappa shape index (κ2) is 6.18. The summed E-state index contributed by atoms with van der Waals surface area (Å²) >= 11 is 3.35. The van der Waals surface area contributed by atoms with Gasteiger partial charge in [0.1, 0.15) is 5.82 Å². The molecule has 1 N–H and O–H groups in total. The van der Waals surface area contributed by atoms with Crippen molar-refractivity contribution in [1.29, 1.82) is 10.5 Å². The van der Waals surface area contributed by atoms with Crippen molar-refractivity contribution in [1.82, 2.24) is 0 Å². The van der Waals surface area contributed by atoms with Crippen LogP contribution in [0.1, 0.15) is 16.7 Å². The van der Waals surface area contributed by atoms with E-state index in [0.717, 1.165) is 10.2 Å². The van der Waals surface area contributed by atoms with Crippen LogP contribution in [0.2, 0.25) is 0 Å². The molecule has 20 heavy (non-hydrogen) atoms. The van der Waals surface area contributed by atoms with Crippen LogP contribution in [0, 0.1) is 28.5 Å². The average molecular weight is 330 g/mol. The lowest BCUT2D eigenvalue weighted by Gasteiger charge is -2.10. The SMILES string of the molecule is N#Cc1ccc(NCc2cc(C#N)ccc2F)c(Br)c1. The second-order valence-corrected chi connectivity index (χ2v) is 4.93. The highest BCUT2D eigenvalue weighted by molar-refractivity contribution is 9.10. The fraction of sp³-hybridized carbons (Fsp3) is 0.0667. The summed E-state index contributed by atoms with van der Waals surface area (Å²) in [6.07, 6.45) is 0. The fourth-order valence-corrected chi connectivity index (χ4v) is 2.22.